The number of aryl methyl sites for hydroxylation is 1. The minimum atomic E-state index is -3.67. The van der Waals surface area contributed by atoms with Crippen LogP contribution in [0.2, 0.25) is 0 Å². The lowest BCUT2D eigenvalue weighted by Crippen LogP contribution is -2.28. The van der Waals surface area contributed by atoms with Crippen molar-refractivity contribution in [3.05, 3.63) is 90.0 Å². The summed E-state index contributed by atoms with van der Waals surface area (Å²) in [4.78, 5) is 12.4. The SMILES string of the molecule is Cc1ccc(S(=O)(=O)Nc2ccc(C(=O)NCCOc3ccccc3)cc2)cc1. The predicted octanol–water partition coefficient (Wildman–Crippen LogP) is 3.60. The van der Waals surface area contributed by atoms with E-state index >= 15 is 0 Å². The summed E-state index contributed by atoms with van der Waals surface area (Å²) >= 11 is 0. The fraction of sp³-hybridized carbons (Fsp3) is 0.136. The van der Waals surface area contributed by atoms with E-state index in [1.165, 1.54) is 0 Å². The van der Waals surface area contributed by atoms with Gasteiger partial charge in [-0.05, 0) is 55.5 Å². The largest absolute Gasteiger partial charge is 0.492 e. The average molecular weight is 410 g/mol. The Kier molecular flexibility index (Phi) is 6.51. The molecule has 0 fully saturated rings. The molecule has 0 aliphatic rings. The molecule has 0 saturated carbocycles. The molecule has 3 aromatic carbocycles. The van der Waals surface area contributed by atoms with Gasteiger partial charge in [0.15, 0.2) is 0 Å². The lowest BCUT2D eigenvalue weighted by molar-refractivity contribution is 0.0947. The zero-order valence-electron chi connectivity index (χ0n) is 16.0. The first-order valence-electron chi connectivity index (χ1n) is 9.10. The number of sulfonamides is 1. The lowest BCUT2D eigenvalue weighted by atomic mass is 10.2. The van der Waals surface area contributed by atoms with Gasteiger partial charge in [-0.25, -0.2) is 8.42 Å². The molecular formula is C22H22N2O4S. The van der Waals surface area contributed by atoms with Crippen molar-refractivity contribution in [3.63, 3.8) is 0 Å². The van der Waals surface area contributed by atoms with Gasteiger partial charge in [-0.2, -0.15) is 0 Å². The van der Waals surface area contributed by atoms with Crippen LogP contribution in [-0.2, 0) is 10.0 Å². The van der Waals surface area contributed by atoms with Crippen LogP contribution in [0.5, 0.6) is 5.75 Å². The van der Waals surface area contributed by atoms with Gasteiger partial charge in [0, 0.05) is 11.3 Å². The summed E-state index contributed by atoms with van der Waals surface area (Å²) in [5, 5.41) is 2.77. The number of hydrogen-bond donors (Lipinski definition) is 2. The van der Waals surface area contributed by atoms with Gasteiger partial charge in [0.1, 0.15) is 12.4 Å². The van der Waals surface area contributed by atoms with Gasteiger partial charge in [0.25, 0.3) is 15.9 Å². The first-order chi connectivity index (χ1) is 13.9. The normalized spacial score (nSPS) is 10.9. The Morgan fingerprint density at radius 3 is 2.21 bits per heavy atom. The Balaban J connectivity index is 1.52. The van der Waals surface area contributed by atoms with Crippen LogP contribution in [0.4, 0.5) is 5.69 Å². The van der Waals surface area contributed by atoms with Crippen molar-refractivity contribution in [2.24, 2.45) is 0 Å². The minimum Gasteiger partial charge on any atom is -0.492 e. The molecule has 0 aliphatic heterocycles. The van der Waals surface area contributed by atoms with Gasteiger partial charge < -0.3 is 10.1 Å². The number of rotatable bonds is 8. The number of ether oxygens (including phenoxy) is 1. The molecule has 0 saturated heterocycles. The number of anilines is 1. The van der Waals surface area contributed by atoms with Gasteiger partial charge in [0.2, 0.25) is 0 Å². The van der Waals surface area contributed by atoms with Crippen molar-refractivity contribution in [3.8, 4) is 5.75 Å². The van der Waals surface area contributed by atoms with E-state index in [2.05, 4.69) is 10.0 Å². The van der Waals surface area contributed by atoms with E-state index < -0.39 is 10.0 Å². The fourth-order valence-corrected chi connectivity index (χ4v) is 3.63. The molecular weight excluding hydrogens is 388 g/mol. The third kappa shape index (κ3) is 5.83. The van der Waals surface area contributed by atoms with Crippen molar-refractivity contribution in [1.82, 2.24) is 5.32 Å². The van der Waals surface area contributed by atoms with Crippen LogP contribution in [0, 0.1) is 6.92 Å². The number of carbonyl (C=O) groups is 1. The molecule has 0 radical (unpaired) electrons. The monoisotopic (exact) mass is 410 g/mol. The Bertz CT molecular complexity index is 1050. The Hall–Kier alpha value is -3.32. The van der Waals surface area contributed by atoms with Crippen LogP contribution < -0.4 is 14.8 Å². The predicted molar refractivity (Wildman–Crippen MR) is 113 cm³/mol. The van der Waals surface area contributed by atoms with Gasteiger partial charge in [-0.1, -0.05) is 35.9 Å². The summed E-state index contributed by atoms with van der Waals surface area (Å²) in [6, 6.07) is 22.2. The molecule has 7 heteroatoms. The van der Waals surface area contributed by atoms with Crippen molar-refractivity contribution >= 4 is 21.6 Å². The second-order valence-electron chi connectivity index (χ2n) is 6.41. The summed E-state index contributed by atoms with van der Waals surface area (Å²) in [5.41, 5.74) is 1.80. The first kappa shape index (κ1) is 20.4. The van der Waals surface area contributed by atoms with E-state index in [0.29, 0.717) is 24.4 Å². The Morgan fingerprint density at radius 2 is 1.55 bits per heavy atom. The first-order valence-corrected chi connectivity index (χ1v) is 10.6. The maximum atomic E-state index is 12.4. The maximum absolute atomic E-state index is 12.4. The highest BCUT2D eigenvalue weighted by atomic mass is 32.2. The standard InChI is InChI=1S/C22H22N2O4S/c1-17-7-13-21(14-8-17)29(26,27)24-19-11-9-18(10-12-19)22(25)23-15-16-28-20-5-3-2-4-6-20/h2-14,24H,15-16H2,1H3,(H,23,25). The van der Waals surface area contributed by atoms with E-state index in [-0.39, 0.29) is 10.8 Å². The highest BCUT2D eigenvalue weighted by molar-refractivity contribution is 7.92. The molecule has 6 nitrogen and oxygen atoms in total. The molecule has 150 valence electrons. The Morgan fingerprint density at radius 1 is 0.897 bits per heavy atom. The molecule has 0 unspecified atom stereocenters. The van der Waals surface area contributed by atoms with Crippen LogP contribution in [-0.4, -0.2) is 27.5 Å². The molecule has 0 atom stereocenters. The molecule has 2 N–H and O–H groups in total. The number of hydrogen-bond acceptors (Lipinski definition) is 4. The van der Waals surface area contributed by atoms with Gasteiger partial charge in [-0.15, -0.1) is 0 Å². The van der Waals surface area contributed by atoms with Crippen LogP contribution in [0.1, 0.15) is 15.9 Å². The summed E-state index contributed by atoms with van der Waals surface area (Å²) in [6.07, 6.45) is 0. The molecule has 0 heterocycles. The third-order valence-corrected chi connectivity index (χ3v) is 5.53. The quantitative estimate of drug-likeness (QED) is 0.556. The molecule has 0 spiro atoms. The topological polar surface area (TPSA) is 84.5 Å². The Labute approximate surface area is 170 Å². The summed E-state index contributed by atoms with van der Waals surface area (Å²) < 4.78 is 32.9. The third-order valence-electron chi connectivity index (χ3n) is 4.13. The molecule has 0 aromatic heterocycles. The van der Waals surface area contributed by atoms with Gasteiger partial charge >= 0.3 is 0 Å². The zero-order valence-corrected chi connectivity index (χ0v) is 16.8. The van der Waals surface area contributed by atoms with Crippen LogP contribution >= 0.6 is 0 Å². The summed E-state index contributed by atoms with van der Waals surface area (Å²) in [6.45, 7) is 2.60. The van der Waals surface area contributed by atoms with E-state index in [4.69, 9.17) is 4.74 Å². The number of nitrogens with one attached hydrogen (secondary N) is 2. The second-order valence-corrected chi connectivity index (χ2v) is 8.10. The van der Waals surface area contributed by atoms with Crippen molar-refractivity contribution in [1.29, 1.82) is 0 Å². The second kappa shape index (κ2) is 9.25. The van der Waals surface area contributed by atoms with E-state index in [9.17, 15) is 13.2 Å². The number of para-hydroxylation sites is 1. The molecule has 0 bridgehead atoms. The molecule has 3 rings (SSSR count). The zero-order chi connectivity index (χ0) is 20.7. The van der Waals surface area contributed by atoms with Crippen LogP contribution in [0.15, 0.2) is 83.8 Å². The van der Waals surface area contributed by atoms with Gasteiger partial charge in [-0.3, -0.25) is 9.52 Å². The summed E-state index contributed by atoms with van der Waals surface area (Å²) in [7, 11) is -3.67. The van der Waals surface area contributed by atoms with E-state index in [1.807, 2.05) is 37.3 Å². The van der Waals surface area contributed by atoms with E-state index in [0.717, 1.165) is 11.3 Å². The molecule has 0 aliphatic carbocycles. The van der Waals surface area contributed by atoms with Gasteiger partial charge in [0.05, 0.1) is 11.4 Å². The molecule has 29 heavy (non-hydrogen) atoms. The molecule has 1 amide bonds. The summed E-state index contributed by atoms with van der Waals surface area (Å²) in [5.74, 6) is 0.488. The fourth-order valence-electron chi connectivity index (χ4n) is 2.57. The lowest BCUT2D eigenvalue weighted by Gasteiger charge is -2.10. The highest BCUT2D eigenvalue weighted by Gasteiger charge is 2.14. The highest BCUT2D eigenvalue weighted by Crippen LogP contribution is 2.17. The van der Waals surface area contributed by atoms with Crippen LogP contribution in [0.25, 0.3) is 0 Å². The average Bonchev–Trinajstić information content (AvgIpc) is 2.72. The van der Waals surface area contributed by atoms with Crippen molar-refractivity contribution in [2.75, 3.05) is 17.9 Å². The van der Waals surface area contributed by atoms with Crippen molar-refractivity contribution in [2.45, 2.75) is 11.8 Å². The minimum absolute atomic E-state index is 0.184. The van der Waals surface area contributed by atoms with Crippen molar-refractivity contribution < 1.29 is 17.9 Å². The number of carbonyl (C=O) groups excluding carboxylic acids is 1. The smallest absolute Gasteiger partial charge is 0.261 e. The number of amides is 1. The maximum Gasteiger partial charge on any atom is 0.261 e. The van der Waals surface area contributed by atoms with Crippen LogP contribution in [0.3, 0.4) is 0 Å². The number of benzene rings is 3. The molecule has 3 aromatic rings. The van der Waals surface area contributed by atoms with E-state index in [1.54, 1.807) is 48.5 Å².